The summed E-state index contributed by atoms with van der Waals surface area (Å²) in [6, 6.07) is 9.24. The fraction of sp³-hybridized carbons (Fsp3) is 0.316. The van der Waals surface area contributed by atoms with Crippen molar-refractivity contribution in [2.45, 2.75) is 33.2 Å². The van der Waals surface area contributed by atoms with Crippen molar-refractivity contribution in [3.63, 3.8) is 0 Å². The molecule has 0 aliphatic heterocycles. The Morgan fingerprint density at radius 1 is 1.11 bits per heavy atom. The van der Waals surface area contributed by atoms with Gasteiger partial charge in [0.25, 0.3) is 0 Å². The average Bonchev–Trinajstić information content (AvgIpc) is 2.61. The van der Waals surface area contributed by atoms with E-state index < -0.39 is 6.04 Å². The van der Waals surface area contributed by atoms with Crippen molar-refractivity contribution in [2.75, 3.05) is 11.1 Å². The maximum atomic E-state index is 11.9. The molecule has 2 rings (SSSR count). The van der Waals surface area contributed by atoms with Crippen LogP contribution < -0.4 is 21.5 Å². The van der Waals surface area contributed by atoms with E-state index in [1.54, 1.807) is 43.3 Å². The molecule has 0 saturated heterocycles. The van der Waals surface area contributed by atoms with E-state index in [2.05, 4.69) is 20.5 Å². The number of ether oxygens (including phenoxy) is 1. The summed E-state index contributed by atoms with van der Waals surface area (Å²) in [4.78, 5) is 27.6. The molecule has 1 heterocycles. The number of azo groups is 1. The molecule has 0 fully saturated rings. The maximum absolute atomic E-state index is 11.9. The van der Waals surface area contributed by atoms with Gasteiger partial charge in [-0.05, 0) is 37.1 Å². The first-order valence-electron chi connectivity index (χ1n) is 8.80. The van der Waals surface area contributed by atoms with Gasteiger partial charge in [0.15, 0.2) is 11.6 Å². The highest BCUT2D eigenvalue weighted by Crippen LogP contribution is 2.31. The van der Waals surface area contributed by atoms with Crippen LogP contribution in [0.3, 0.4) is 0 Å². The Bertz CT molecular complexity index is 880. The first-order chi connectivity index (χ1) is 13.3. The Hall–Kier alpha value is -3.33. The van der Waals surface area contributed by atoms with Crippen LogP contribution in [0.2, 0.25) is 0 Å². The van der Waals surface area contributed by atoms with E-state index in [1.165, 1.54) is 0 Å². The number of benzene rings is 1. The summed E-state index contributed by atoms with van der Waals surface area (Å²) >= 11 is 0. The van der Waals surface area contributed by atoms with E-state index in [4.69, 9.17) is 16.2 Å². The first-order valence-corrected chi connectivity index (χ1v) is 8.80. The number of esters is 1. The van der Waals surface area contributed by atoms with Gasteiger partial charge < -0.3 is 21.5 Å². The average molecular weight is 384 g/mol. The number of nitrogens with two attached hydrogens (primary N) is 2. The van der Waals surface area contributed by atoms with Crippen LogP contribution in [-0.4, -0.2) is 22.9 Å². The van der Waals surface area contributed by atoms with Crippen molar-refractivity contribution in [1.82, 2.24) is 4.98 Å². The predicted octanol–water partition coefficient (Wildman–Crippen LogP) is 3.32. The van der Waals surface area contributed by atoms with Crippen LogP contribution in [0.15, 0.2) is 46.6 Å². The number of nitrogen functional groups attached to an aromatic ring is 1. The molecule has 0 radical (unpaired) electrons. The Morgan fingerprint density at radius 3 is 2.43 bits per heavy atom. The van der Waals surface area contributed by atoms with Gasteiger partial charge in [-0.3, -0.25) is 9.59 Å². The van der Waals surface area contributed by atoms with E-state index >= 15 is 0 Å². The maximum Gasteiger partial charge on any atom is 0.311 e. The van der Waals surface area contributed by atoms with Gasteiger partial charge in [-0.2, -0.15) is 0 Å². The van der Waals surface area contributed by atoms with Crippen LogP contribution in [0.4, 0.5) is 23.0 Å². The topological polar surface area (TPSA) is 145 Å². The number of pyridine rings is 1. The molecule has 28 heavy (non-hydrogen) atoms. The molecule has 9 heteroatoms. The molecule has 0 saturated carbocycles. The normalized spacial score (nSPS) is 12.2. The number of nitrogens with zero attached hydrogens (tertiary/aromatic N) is 3. The molecule has 0 bridgehead atoms. The van der Waals surface area contributed by atoms with Crippen molar-refractivity contribution in [1.29, 1.82) is 0 Å². The van der Waals surface area contributed by atoms with Crippen LogP contribution in [0.1, 0.15) is 27.2 Å². The minimum atomic E-state index is -0.669. The third kappa shape index (κ3) is 6.13. The van der Waals surface area contributed by atoms with E-state index in [0.717, 1.165) is 0 Å². The van der Waals surface area contributed by atoms with Crippen molar-refractivity contribution >= 4 is 34.9 Å². The molecule has 1 aromatic heterocycles. The third-order valence-electron chi connectivity index (χ3n) is 3.50. The van der Waals surface area contributed by atoms with E-state index in [9.17, 15) is 9.59 Å². The predicted molar refractivity (Wildman–Crippen MR) is 107 cm³/mol. The number of hydrogen-bond donors (Lipinski definition) is 3. The minimum Gasteiger partial charge on any atom is -0.424 e. The SMILES string of the molecule is CC(C)CC(=O)Oc1ccccc1/N=N/c1ccc(NC(=O)[C@H](C)N)nc1N. The molecule has 1 aromatic carbocycles. The lowest BCUT2D eigenvalue weighted by atomic mass is 10.1. The van der Waals surface area contributed by atoms with Crippen LogP contribution >= 0.6 is 0 Å². The fourth-order valence-electron chi connectivity index (χ4n) is 2.09. The Kier molecular flexibility index (Phi) is 7.16. The lowest BCUT2D eigenvalue weighted by Crippen LogP contribution is -2.32. The van der Waals surface area contributed by atoms with Gasteiger partial charge in [-0.25, -0.2) is 4.98 Å². The van der Waals surface area contributed by atoms with Crippen molar-refractivity contribution < 1.29 is 14.3 Å². The van der Waals surface area contributed by atoms with Crippen LogP contribution in [0, 0.1) is 5.92 Å². The van der Waals surface area contributed by atoms with E-state index in [-0.39, 0.29) is 29.4 Å². The molecule has 0 aliphatic rings. The molecule has 2 aromatic rings. The van der Waals surface area contributed by atoms with Crippen LogP contribution in [-0.2, 0) is 9.59 Å². The van der Waals surface area contributed by atoms with E-state index in [1.807, 2.05) is 13.8 Å². The highest BCUT2D eigenvalue weighted by atomic mass is 16.5. The second kappa shape index (κ2) is 9.56. The number of para-hydroxylation sites is 1. The fourth-order valence-corrected chi connectivity index (χ4v) is 2.09. The summed E-state index contributed by atoms with van der Waals surface area (Å²) < 4.78 is 5.36. The molecule has 5 N–H and O–H groups in total. The molecule has 0 aliphatic carbocycles. The van der Waals surface area contributed by atoms with Crippen molar-refractivity contribution in [3.05, 3.63) is 36.4 Å². The van der Waals surface area contributed by atoms with Crippen LogP contribution in [0.5, 0.6) is 5.75 Å². The molecular formula is C19H24N6O3. The third-order valence-corrected chi connectivity index (χ3v) is 3.50. The number of carbonyl (C=O) groups is 2. The lowest BCUT2D eigenvalue weighted by Gasteiger charge is -2.09. The van der Waals surface area contributed by atoms with Crippen molar-refractivity contribution in [3.8, 4) is 5.75 Å². The number of anilines is 2. The summed E-state index contributed by atoms with van der Waals surface area (Å²) in [5.74, 6) is 0.131. The zero-order valence-corrected chi connectivity index (χ0v) is 16.0. The molecule has 0 spiro atoms. The summed E-state index contributed by atoms with van der Waals surface area (Å²) in [5.41, 5.74) is 12.1. The Labute approximate surface area is 163 Å². The summed E-state index contributed by atoms with van der Waals surface area (Å²) in [6.45, 7) is 5.43. The molecule has 0 unspecified atom stereocenters. The number of amides is 1. The number of carbonyl (C=O) groups excluding carboxylic acids is 2. The standard InChI is InChI=1S/C19H24N6O3/c1-11(2)10-17(26)28-15-7-5-4-6-13(15)24-25-14-8-9-16(22-18(14)21)23-19(27)12(3)20/h4-9,11-12H,10,20H2,1-3H3,(H3,21,22,23,27)/b25-24+/t12-/m0/s1. The van der Waals surface area contributed by atoms with Crippen molar-refractivity contribution in [2.24, 2.45) is 21.9 Å². The highest BCUT2D eigenvalue weighted by Gasteiger charge is 2.12. The summed E-state index contributed by atoms with van der Waals surface area (Å²) in [5, 5.41) is 10.7. The molecular weight excluding hydrogens is 360 g/mol. The highest BCUT2D eigenvalue weighted by molar-refractivity contribution is 5.93. The number of rotatable bonds is 7. The van der Waals surface area contributed by atoms with Gasteiger partial charge in [-0.15, -0.1) is 10.2 Å². The molecule has 1 atom stereocenters. The second-order valence-corrected chi connectivity index (χ2v) is 6.62. The minimum absolute atomic E-state index is 0.0838. The lowest BCUT2D eigenvalue weighted by molar-refractivity contribution is -0.135. The first kappa shape index (κ1) is 21.0. The van der Waals surface area contributed by atoms with Gasteiger partial charge in [-0.1, -0.05) is 26.0 Å². The Morgan fingerprint density at radius 2 is 1.79 bits per heavy atom. The Balaban J connectivity index is 2.15. The summed E-state index contributed by atoms with van der Waals surface area (Å²) in [6.07, 6.45) is 0.303. The van der Waals surface area contributed by atoms with Gasteiger partial charge in [0, 0.05) is 6.42 Å². The van der Waals surface area contributed by atoms with Gasteiger partial charge in [0.2, 0.25) is 5.91 Å². The monoisotopic (exact) mass is 384 g/mol. The van der Waals surface area contributed by atoms with Gasteiger partial charge >= 0.3 is 5.97 Å². The number of nitrogens with one attached hydrogen (secondary N) is 1. The largest absolute Gasteiger partial charge is 0.424 e. The quantitative estimate of drug-likeness (QED) is 0.379. The molecule has 148 valence electrons. The van der Waals surface area contributed by atoms with Gasteiger partial charge in [0.05, 0.1) is 6.04 Å². The molecule has 1 amide bonds. The second-order valence-electron chi connectivity index (χ2n) is 6.62. The van der Waals surface area contributed by atoms with Gasteiger partial charge in [0.1, 0.15) is 17.2 Å². The summed E-state index contributed by atoms with van der Waals surface area (Å²) in [7, 11) is 0. The zero-order valence-electron chi connectivity index (χ0n) is 16.0. The smallest absolute Gasteiger partial charge is 0.311 e. The van der Waals surface area contributed by atoms with Crippen LogP contribution in [0.25, 0.3) is 0 Å². The molecule has 9 nitrogen and oxygen atoms in total. The zero-order chi connectivity index (χ0) is 20.7. The number of hydrogen-bond acceptors (Lipinski definition) is 8. The number of aromatic nitrogens is 1. The van der Waals surface area contributed by atoms with E-state index in [0.29, 0.717) is 23.5 Å².